The fourth-order valence-electron chi connectivity index (χ4n) is 2.70. The molecule has 0 unspecified atom stereocenters. The summed E-state index contributed by atoms with van der Waals surface area (Å²) in [7, 11) is 0. The third-order valence-corrected chi connectivity index (χ3v) is 4.21. The number of pyridine rings is 1. The molecular weight excluding hydrogens is 350 g/mol. The van der Waals surface area contributed by atoms with Crippen molar-refractivity contribution in [3.05, 3.63) is 52.9 Å². The van der Waals surface area contributed by atoms with Gasteiger partial charge in [0.2, 0.25) is 0 Å². The second-order valence-electron chi connectivity index (χ2n) is 7.40. The van der Waals surface area contributed by atoms with E-state index in [1.54, 1.807) is 6.92 Å². The van der Waals surface area contributed by atoms with E-state index in [0.717, 1.165) is 33.8 Å². The van der Waals surface area contributed by atoms with Crippen molar-refractivity contribution in [3.63, 3.8) is 0 Å². The molecule has 0 saturated heterocycles. The van der Waals surface area contributed by atoms with Crippen LogP contribution in [0.3, 0.4) is 0 Å². The molecule has 0 bridgehead atoms. The highest BCUT2D eigenvalue weighted by Crippen LogP contribution is 2.35. The van der Waals surface area contributed by atoms with Crippen molar-refractivity contribution in [2.75, 3.05) is 13.2 Å². The molecule has 0 aliphatic rings. The topological polar surface area (TPSA) is 48.4 Å². The van der Waals surface area contributed by atoms with Gasteiger partial charge in [0.05, 0.1) is 18.9 Å². The van der Waals surface area contributed by atoms with Crippen LogP contribution in [0.4, 0.5) is 0 Å². The Kier molecular flexibility index (Phi) is 9.70. The molecule has 0 fully saturated rings. The van der Waals surface area contributed by atoms with E-state index >= 15 is 0 Å². The van der Waals surface area contributed by atoms with Gasteiger partial charge in [-0.15, -0.1) is 0 Å². The number of rotatable bonds is 9. The van der Waals surface area contributed by atoms with Crippen molar-refractivity contribution < 1.29 is 14.3 Å². The molecule has 0 aromatic carbocycles. The Morgan fingerprint density at radius 2 is 1.79 bits per heavy atom. The van der Waals surface area contributed by atoms with Gasteiger partial charge in [-0.05, 0) is 56.7 Å². The molecule has 0 atom stereocenters. The van der Waals surface area contributed by atoms with Gasteiger partial charge in [-0.2, -0.15) is 0 Å². The van der Waals surface area contributed by atoms with Crippen molar-refractivity contribution >= 4 is 11.5 Å². The normalized spacial score (nSPS) is 12.9. The molecule has 4 heteroatoms. The largest absolute Gasteiger partial charge is 0.491 e. The van der Waals surface area contributed by atoms with Crippen LogP contribution in [0.5, 0.6) is 5.75 Å². The number of carbonyl (C=O) groups excluding carboxylic acids is 1. The van der Waals surface area contributed by atoms with Crippen LogP contribution >= 0.6 is 0 Å². The first kappa shape index (κ1) is 23.7. The fourth-order valence-corrected chi connectivity index (χ4v) is 2.70. The molecule has 0 amide bonds. The van der Waals surface area contributed by atoms with Crippen LogP contribution in [0.15, 0.2) is 35.9 Å². The molecule has 1 rings (SSSR count). The Morgan fingerprint density at radius 1 is 1.11 bits per heavy atom. The summed E-state index contributed by atoms with van der Waals surface area (Å²) < 4.78 is 10.9. The summed E-state index contributed by atoms with van der Waals surface area (Å²) in [6.45, 7) is 17.3. The Bertz CT molecular complexity index is 755. The number of aromatic nitrogens is 1. The Morgan fingerprint density at radius 3 is 2.32 bits per heavy atom. The smallest absolute Gasteiger partial charge is 0.330 e. The van der Waals surface area contributed by atoms with Gasteiger partial charge < -0.3 is 9.47 Å². The van der Waals surface area contributed by atoms with E-state index in [-0.39, 0.29) is 11.9 Å². The highest BCUT2D eigenvalue weighted by atomic mass is 16.5. The van der Waals surface area contributed by atoms with Crippen LogP contribution < -0.4 is 4.74 Å². The standard InChI is InChI=1S/C24H35NO3/c1-9-27-22(26)14-18(7)12-11-13-19(8)20-15-21(16(3)4)25-23(17(5)6)24(20)28-10-2/h11-17H,9-10H2,1-8H3/b12-11+,18-14+,19-13-. The summed E-state index contributed by atoms with van der Waals surface area (Å²) in [5, 5.41) is 0. The van der Waals surface area contributed by atoms with Gasteiger partial charge in [-0.1, -0.05) is 45.9 Å². The number of ether oxygens (including phenoxy) is 2. The lowest BCUT2D eigenvalue weighted by Crippen LogP contribution is -2.07. The van der Waals surface area contributed by atoms with E-state index in [0.29, 0.717) is 19.1 Å². The van der Waals surface area contributed by atoms with Crippen molar-refractivity contribution in [3.8, 4) is 5.75 Å². The summed E-state index contributed by atoms with van der Waals surface area (Å²) in [4.78, 5) is 16.4. The maximum atomic E-state index is 11.5. The number of hydrogen-bond donors (Lipinski definition) is 0. The zero-order chi connectivity index (χ0) is 21.3. The monoisotopic (exact) mass is 385 g/mol. The van der Waals surface area contributed by atoms with Crippen LogP contribution in [-0.2, 0) is 9.53 Å². The van der Waals surface area contributed by atoms with Crippen LogP contribution in [0.25, 0.3) is 5.57 Å². The SMILES string of the molecule is CCOC(=O)/C=C(C)/C=C/C=C(/C)c1cc(C(C)C)nc(C(C)C)c1OCC. The number of carbonyl (C=O) groups is 1. The molecule has 0 spiro atoms. The molecule has 0 N–H and O–H groups in total. The first-order valence-electron chi connectivity index (χ1n) is 10.1. The van der Waals surface area contributed by atoms with E-state index in [1.807, 2.05) is 32.1 Å². The van der Waals surface area contributed by atoms with E-state index in [4.69, 9.17) is 14.5 Å². The lowest BCUT2D eigenvalue weighted by atomic mass is 9.97. The van der Waals surface area contributed by atoms with Gasteiger partial charge >= 0.3 is 5.97 Å². The Labute approximate surface area is 170 Å². The third-order valence-electron chi connectivity index (χ3n) is 4.21. The maximum Gasteiger partial charge on any atom is 0.330 e. The zero-order valence-electron chi connectivity index (χ0n) is 18.6. The van der Waals surface area contributed by atoms with Crippen molar-refractivity contribution in [2.24, 2.45) is 0 Å². The summed E-state index contributed by atoms with van der Waals surface area (Å²) in [5.74, 6) is 1.16. The van der Waals surface area contributed by atoms with Crippen LogP contribution in [-0.4, -0.2) is 24.2 Å². The number of nitrogens with zero attached hydrogens (tertiary/aromatic N) is 1. The van der Waals surface area contributed by atoms with Gasteiger partial charge in [0, 0.05) is 17.3 Å². The zero-order valence-corrected chi connectivity index (χ0v) is 18.6. The van der Waals surface area contributed by atoms with E-state index in [9.17, 15) is 4.79 Å². The van der Waals surface area contributed by atoms with E-state index in [2.05, 4.69) is 40.7 Å². The van der Waals surface area contributed by atoms with Gasteiger partial charge in [0.15, 0.2) is 0 Å². The van der Waals surface area contributed by atoms with Gasteiger partial charge in [-0.25, -0.2) is 4.79 Å². The quantitative estimate of drug-likeness (QED) is 0.289. The van der Waals surface area contributed by atoms with Crippen LogP contribution in [0.2, 0.25) is 0 Å². The molecule has 1 aromatic heterocycles. The molecule has 1 aromatic rings. The third kappa shape index (κ3) is 6.99. The minimum Gasteiger partial charge on any atom is -0.491 e. The second kappa shape index (κ2) is 11.5. The Hall–Kier alpha value is -2.36. The molecule has 0 aliphatic carbocycles. The lowest BCUT2D eigenvalue weighted by Gasteiger charge is -2.20. The molecule has 0 aliphatic heterocycles. The summed E-state index contributed by atoms with van der Waals surface area (Å²) >= 11 is 0. The number of allylic oxidation sites excluding steroid dienone is 5. The second-order valence-corrected chi connectivity index (χ2v) is 7.40. The lowest BCUT2D eigenvalue weighted by molar-refractivity contribution is -0.137. The molecule has 4 nitrogen and oxygen atoms in total. The molecule has 1 heterocycles. The van der Waals surface area contributed by atoms with Crippen molar-refractivity contribution in [1.82, 2.24) is 4.98 Å². The first-order valence-corrected chi connectivity index (χ1v) is 10.1. The average Bonchev–Trinajstić information content (AvgIpc) is 2.61. The highest BCUT2D eigenvalue weighted by molar-refractivity contribution is 5.83. The van der Waals surface area contributed by atoms with Crippen LogP contribution in [0, 0.1) is 0 Å². The summed E-state index contributed by atoms with van der Waals surface area (Å²) in [6, 6.07) is 2.13. The molecular formula is C24H35NO3. The molecule has 154 valence electrons. The molecule has 28 heavy (non-hydrogen) atoms. The Balaban J connectivity index is 3.30. The van der Waals surface area contributed by atoms with Crippen molar-refractivity contribution in [2.45, 2.75) is 67.2 Å². The predicted octanol–water partition coefficient (Wildman–Crippen LogP) is 6.20. The predicted molar refractivity (Wildman–Crippen MR) is 117 cm³/mol. The summed E-state index contributed by atoms with van der Waals surface area (Å²) in [5.41, 5.74) is 5.07. The summed E-state index contributed by atoms with van der Waals surface area (Å²) in [6.07, 6.45) is 7.37. The minimum atomic E-state index is -0.318. The average molecular weight is 386 g/mol. The maximum absolute atomic E-state index is 11.5. The van der Waals surface area contributed by atoms with E-state index < -0.39 is 0 Å². The van der Waals surface area contributed by atoms with Gasteiger partial charge in [-0.3, -0.25) is 4.98 Å². The first-order chi connectivity index (χ1) is 13.2. The number of hydrogen-bond acceptors (Lipinski definition) is 4. The number of esters is 1. The van der Waals surface area contributed by atoms with Gasteiger partial charge in [0.25, 0.3) is 0 Å². The van der Waals surface area contributed by atoms with E-state index in [1.165, 1.54) is 6.08 Å². The fraction of sp³-hybridized carbons (Fsp3) is 0.500. The van der Waals surface area contributed by atoms with Crippen LogP contribution in [0.1, 0.15) is 84.2 Å². The highest BCUT2D eigenvalue weighted by Gasteiger charge is 2.18. The molecule has 0 saturated carbocycles. The van der Waals surface area contributed by atoms with Gasteiger partial charge in [0.1, 0.15) is 5.75 Å². The molecule has 0 radical (unpaired) electrons. The minimum absolute atomic E-state index is 0.275. The van der Waals surface area contributed by atoms with Crippen molar-refractivity contribution in [1.29, 1.82) is 0 Å².